The Kier molecular flexibility index (Phi) is 9.22. The molecule has 10 heteroatoms. The molecular weight excluding hydrogens is 438 g/mol. The minimum absolute atomic E-state index is 0.0458. The number of thioether (sulfide) groups is 1. The van der Waals surface area contributed by atoms with Crippen molar-refractivity contribution in [3.8, 4) is 12.1 Å². The van der Waals surface area contributed by atoms with Crippen molar-refractivity contribution in [2.24, 2.45) is 11.5 Å². The van der Waals surface area contributed by atoms with Crippen LogP contribution in [-0.2, 0) is 9.59 Å². The summed E-state index contributed by atoms with van der Waals surface area (Å²) in [6.45, 7) is 7.94. The molecule has 5 N–H and O–H groups in total. The van der Waals surface area contributed by atoms with Gasteiger partial charge in [0.05, 0.1) is 17.7 Å². The van der Waals surface area contributed by atoms with E-state index in [4.69, 9.17) is 11.5 Å². The number of anilines is 1. The molecule has 2 rings (SSSR count). The van der Waals surface area contributed by atoms with Crippen molar-refractivity contribution in [2.45, 2.75) is 29.0 Å². The van der Waals surface area contributed by atoms with Crippen LogP contribution >= 0.6 is 11.8 Å². The normalized spacial score (nSPS) is 13.9. The second-order valence-electron chi connectivity index (χ2n) is 7.40. The van der Waals surface area contributed by atoms with Gasteiger partial charge in [0.2, 0.25) is 11.8 Å². The van der Waals surface area contributed by atoms with E-state index in [1.165, 1.54) is 12.2 Å². The van der Waals surface area contributed by atoms with Crippen LogP contribution in [0, 0.1) is 22.7 Å². The number of carbonyl (C=O) groups excluding carboxylic acids is 2. The summed E-state index contributed by atoms with van der Waals surface area (Å²) in [4.78, 5) is 30.6. The molecule has 2 amide bonds. The molecule has 0 aliphatic heterocycles. The summed E-state index contributed by atoms with van der Waals surface area (Å²) in [6.07, 6.45) is 6.30. The maximum Gasteiger partial charge on any atom is 0.239 e. The van der Waals surface area contributed by atoms with Crippen LogP contribution in [0.25, 0.3) is 0 Å². The summed E-state index contributed by atoms with van der Waals surface area (Å²) in [5, 5.41) is 21.9. The van der Waals surface area contributed by atoms with Crippen LogP contribution in [0.2, 0.25) is 0 Å². The number of primary amides is 1. The molecule has 1 aromatic heterocycles. The predicted molar refractivity (Wildman–Crippen MR) is 128 cm³/mol. The first-order chi connectivity index (χ1) is 15.8. The second-order valence-corrected chi connectivity index (χ2v) is 8.50. The van der Waals surface area contributed by atoms with Gasteiger partial charge >= 0.3 is 0 Å². The highest BCUT2D eigenvalue weighted by Gasteiger charge is 2.35. The van der Waals surface area contributed by atoms with Gasteiger partial charge in [0, 0.05) is 20.1 Å². The number of likely N-dealkylation sites (N-methyl/N-ethyl adjacent to an activating group) is 1. The minimum Gasteiger partial charge on any atom is -0.368 e. The van der Waals surface area contributed by atoms with Gasteiger partial charge in [-0.15, -0.1) is 0 Å². The van der Waals surface area contributed by atoms with E-state index in [-0.39, 0.29) is 40.3 Å². The number of pyridine rings is 1. The maximum absolute atomic E-state index is 12.2. The zero-order chi connectivity index (χ0) is 24.5. The summed E-state index contributed by atoms with van der Waals surface area (Å²) in [5.74, 6) is -0.602. The topological polar surface area (TPSA) is 162 Å². The first-order valence-corrected chi connectivity index (χ1v) is 11.2. The van der Waals surface area contributed by atoms with E-state index in [1.807, 2.05) is 0 Å². The fourth-order valence-electron chi connectivity index (χ4n) is 3.29. The molecule has 1 saturated carbocycles. The summed E-state index contributed by atoms with van der Waals surface area (Å²) in [6, 6.07) is 4.33. The van der Waals surface area contributed by atoms with Crippen molar-refractivity contribution >= 4 is 29.4 Å². The van der Waals surface area contributed by atoms with E-state index >= 15 is 0 Å². The molecule has 1 aromatic rings. The van der Waals surface area contributed by atoms with Gasteiger partial charge in [-0.2, -0.15) is 10.5 Å². The summed E-state index contributed by atoms with van der Waals surface area (Å²) in [7, 11) is 1.64. The molecule has 1 aliphatic rings. The van der Waals surface area contributed by atoms with Crippen molar-refractivity contribution in [3.05, 3.63) is 53.6 Å². The number of rotatable bonds is 12. The molecule has 0 saturated heterocycles. The minimum atomic E-state index is -0.869. The Bertz CT molecular complexity index is 1060. The molecule has 1 unspecified atom stereocenters. The molecule has 0 spiro atoms. The van der Waals surface area contributed by atoms with Crippen LogP contribution in [0.1, 0.15) is 35.4 Å². The van der Waals surface area contributed by atoms with Crippen molar-refractivity contribution in [2.75, 3.05) is 31.6 Å². The molecule has 1 atom stereocenters. The Morgan fingerprint density at radius 1 is 1.33 bits per heavy atom. The van der Waals surface area contributed by atoms with E-state index in [2.05, 4.69) is 35.6 Å². The fourth-order valence-corrected chi connectivity index (χ4v) is 4.35. The van der Waals surface area contributed by atoms with Crippen LogP contribution in [-0.4, -0.2) is 48.7 Å². The standard InChI is InChI=1S/C23H27N7O2S/c1-4-6-14(5-2)20(21(27)32)33-23-17(12-26)19(15-7-8-15)16(11-25)22(29-23)30(3)13-18(31)28-10-9-24/h4-6,15,20H,1-2,7-10,13,24H2,3H3,(H2,27,32)(H,28,31)/b14-6+. The lowest BCUT2D eigenvalue weighted by molar-refractivity contribution is -0.119. The number of amides is 2. The van der Waals surface area contributed by atoms with Gasteiger partial charge in [0.15, 0.2) is 0 Å². The molecule has 0 aromatic carbocycles. The second kappa shape index (κ2) is 11.9. The number of aromatic nitrogens is 1. The molecule has 1 heterocycles. The first-order valence-electron chi connectivity index (χ1n) is 10.3. The number of hydrogen-bond acceptors (Lipinski definition) is 8. The molecule has 1 fully saturated rings. The van der Waals surface area contributed by atoms with Crippen molar-refractivity contribution in [1.29, 1.82) is 10.5 Å². The van der Waals surface area contributed by atoms with E-state index in [1.54, 1.807) is 18.0 Å². The molecule has 0 radical (unpaired) electrons. The Balaban J connectivity index is 2.62. The van der Waals surface area contributed by atoms with E-state index in [0.717, 1.165) is 24.6 Å². The highest BCUT2D eigenvalue weighted by atomic mass is 32.2. The van der Waals surface area contributed by atoms with Crippen LogP contribution < -0.4 is 21.7 Å². The van der Waals surface area contributed by atoms with Crippen molar-refractivity contribution in [3.63, 3.8) is 0 Å². The van der Waals surface area contributed by atoms with Crippen LogP contribution in [0.15, 0.2) is 42.0 Å². The molecule has 9 nitrogen and oxygen atoms in total. The van der Waals surface area contributed by atoms with Gasteiger partial charge in [-0.3, -0.25) is 9.59 Å². The predicted octanol–water partition coefficient (Wildman–Crippen LogP) is 1.46. The molecule has 0 bridgehead atoms. The van der Waals surface area contributed by atoms with Gasteiger partial charge < -0.3 is 21.7 Å². The summed E-state index contributed by atoms with van der Waals surface area (Å²) in [5.41, 5.74) is 12.7. The number of carbonyl (C=O) groups is 2. The summed E-state index contributed by atoms with van der Waals surface area (Å²) >= 11 is 1.01. The lowest BCUT2D eigenvalue weighted by atomic mass is 10.00. The Hall–Kier alpha value is -3.60. The molecule has 33 heavy (non-hydrogen) atoms. The van der Waals surface area contributed by atoms with E-state index < -0.39 is 11.2 Å². The monoisotopic (exact) mass is 465 g/mol. The lowest BCUT2D eigenvalue weighted by Crippen LogP contribution is -2.38. The Morgan fingerprint density at radius 3 is 2.48 bits per heavy atom. The molecular formula is C23H27N7O2S. The van der Waals surface area contributed by atoms with Crippen molar-refractivity contribution < 1.29 is 9.59 Å². The van der Waals surface area contributed by atoms with E-state index in [0.29, 0.717) is 24.2 Å². The number of nitrogens with zero attached hydrogens (tertiary/aromatic N) is 4. The van der Waals surface area contributed by atoms with Crippen LogP contribution in [0.4, 0.5) is 5.82 Å². The van der Waals surface area contributed by atoms with Gasteiger partial charge in [0.25, 0.3) is 0 Å². The van der Waals surface area contributed by atoms with Gasteiger partial charge in [-0.05, 0) is 29.9 Å². The van der Waals surface area contributed by atoms with Crippen molar-refractivity contribution in [1.82, 2.24) is 10.3 Å². The average Bonchev–Trinajstić information content (AvgIpc) is 3.63. The maximum atomic E-state index is 12.2. The van der Waals surface area contributed by atoms with Gasteiger partial charge in [0.1, 0.15) is 28.2 Å². The third-order valence-electron chi connectivity index (χ3n) is 4.94. The zero-order valence-corrected chi connectivity index (χ0v) is 19.3. The summed E-state index contributed by atoms with van der Waals surface area (Å²) < 4.78 is 0. The highest BCUT2D eigenvalue weighted by Crippen LogP contribution is 2.47. The lowest BCUT2D eigenvalue weighted by Gasteiger charge is -2.23. The zero-order valence-electron chi connectivity index (χ0n) is 18.5. The first kappa shape index (κ1) is 25.7. The third kappa shape index (κ3) is 6.22. The largest absolute Gasteiger partial charge is 0.368 e. The Labute approximate surface area is 197 Å². The van der Waals surface area contributed by atoms with Crippen LogP contribution in [0.5, 0.6) is 0 Å². The van der Waals surface area contributed by atoms with Gasteiger partial charge in [-0.1, -0.05) is 43.1 Å². The quantitative estimate of drug-likeness (QED) is 0.309. The van der Waals surface area contributed by atoms with Gasteiger partial charge in [-0.25, -0.2) is 4.98 Å². The molecule has 1 aliphatic carbocycles. The van der Waals surface area contributed by atoms with Crippen LogP contribution in [0.3, 0.4) is 0 Å². The SMILES string of the molecule is C=C/C=C(\C=C)C(Sc1nc(N(C)CC(=O)NCCN)c(C#N)c(C2CC2)c1C#N)C(N)=O. The third-order valence-corrected chi connectivity index (χ3v) is 6.20. The average molecular weight is 466 g/mol. The number of hydrogen-bond donors (Lipinski definition) is 3. The Morgan fingerprint density at radius 2 is 2.00 bits per heavy atom. The number of nitriles is 2. The smallest absolute Gasteiger partial charge is 0.239 e. The fraction of sp³-hybridized carbons (Fsp3) is 0.348. The molecule has 172 valence electrons. The number of nitrogens with one attached hydrogen (secondary N) is 1. The highest BCUT2D eigenvalue weighted by molar-refractivity contribution is 8.00. The number of nitrogens with two attached hydrogens (primary N) is 2. The van der Waals surface area contributed by atoms with E-state index in [9.17, 15) is 20.1 Å². The number of allylic oxidation sites excluding steroid dienone is 3.